The minimum absolute atomic E-state index is 0.182. The molecule has 0 radical (unpaired) electrons. The van der Waals surface area contributed by atoms with Crippen molar-refractivity contribution < 1.29 is 23.9 Å². The number of hydrogen-bond donors (Lipinski definition) is 2. The summed E-state index contributed by atoms with van der Waals surface area (Å²) in [6.07, 6.45) is 4.77. The minimum atomic E-state index is -0.504. The SMILES string of the molecule is CCCCOc1ccc(C(=O)NCc2nnc(SC(C)C(=O)Nc3sc4c(c3C(=O)OCC)CCC4)n2C)cc1. The fourth-order valence-electron chi connectivity index (χ4n) is 4.24. The second-order valence-electron chi connectivity index (χ2n) is 9.40. The van der Waals surface area contributed by atoms with Gasteiger partial charge in [0.25, 0.3) is 5.91 Å². The van der Waals surface area contributed by atoms with Crippen LogP contribution in [0.25, 0.3) is 0 Å². The number of esters is 1. The third-order valence-electron chi connectivity index (χ3n) is 6.50. The summed E-state index contributed by atoms with van der Waals surface area (Å²) in [4.78, 5) is 39.4. The zero-order chi connectivity index (χ0) is 28.6. The molecular formula is C28H35N5O5S2. The summed E-state index contributed by atoms with van der Waals surface area (Å²) in [6.45, 7) is 6.76. The average Bonchev–Trinajstić information content (AvgIpc) is 3.63. The van der Waals surface area contributed by atoms with E-state index in [1.807, 2.05) is 0 Å². The number of rotatable bonds is 13. The highest BCUT2D eigenvalue weighted by Gasteiger charge is 2.29. The predicted octanol–water partition coefficient (Wildman–Crippen LogP) is 4.77. The molecule has 12 heteroatoms. The van der Waals surface area contributed by atoms with Crippen LogP contribution in [0.1, 0.15) is 77.0 Å². The molecular weight excluding hydrogens is 550 g/mol. The lowest BCUT2D eigenvalue weighted by atomic mass is 10.1. The number of carbonyl (C=O) groups excluding carboxylic acids is 3. The first kappa shape index (κ1) is 29.6. The molecule has 1 atom stereocenters. The molecule has 0 saturated heterocycles. The van der Waals surface area contributed by atoms with Crippen LogP contribution in [0.15, 0.2) is 29.4 Å². The normalized spacial score (nSPS) is 13.0. The number of carbonyl (C=O) groups is 3. The number of aromatic nitrogens is 3. The maximum Gasteiger partial charge on any atom is 0.341 e. The number of thiophene rings is 1. The number of anilines is 1. The third-order valence-corrected chi connectivity index (χ3v) is 8.85. The fourth-order valence-corrected chi connectivity index (χ4v) is 6.35. The smallest absolute Gasteiger partial charge is 0.341 e. The van der Waals surface area contributed by atoms with Gasteiger partial charge in [0.05, 0.1) is 30.6 Å². The zero-order valence-electron chi connectivity index (χ0n) is 23.2. The van der Waals surface area contributed by atoms with Gasteiger partial charge in [-0.05, 0) is 69.4 Å². The number of ether oxygens (including phenoxy) is 2. The number of aryl methyl sites for hydroxylation is 1. The molecule has 2 heterocycles. The Morgan fingerprint density at radius 3 is 2.65 bits per heavy atom. The lowest BCUT2D eigenvalue weighted by Crippen LogP contribution is -2.25. The molecule has 10 nitrogen and oxygen atoms in total. The molecule has 0 bridgehead atoms. The van der Waals surface area contributed by atoms with Crippen molar-refractivity contribution >= 4 is 45.9 Å². The second kappa shape index (κ2) is 13.8. The van der Waals surface area contributed by atoms with Gasteiger partial charge in [0.1, 0.15) is 10.8 Å². The van der Waals surface area contributed by atoms with Gasteiger partial charge in [-0.15, -0.1) is 21.5 Å². The molecule has 4 rings (SSSR count). The summed E-state index contributed by atoms with van der Waals surface area (Å²) in [5.74, 6) is 0.426. The first-order valence-electron chi connectivity index (χ1n) is 13.5. The molecule has 2 amide bonds. The van der Waals surface area contributed by atoms with Crippen LogP contribution in [0.3, 0.4) is 0 Å². The lowest BCUT2D eigenvalue weighted by Gasteiger charge is -2.12. The van der Waals surface area contributed by atoms with Gasteiger partial charge in [-0.1, -0.05) is 25.1 Å². The number of amides is 2. The van der Waals surface area contributed by atoms with Crippen LogP contribution in [-0.2, 0) is 36.0 Å². The highest BCUT2D eigenvalue weighted by molar-refractivity contribution is 8.00. The summed E-state index contributed by atoms with van der Waals surface area (Å²) in [6, 6.07) is 7.02. The van der Waals surface area contributed by atoms with Crippen molar-refractivity contribution in [3.63, 3.8) is 0 Å². The number of nitrogens with one attached hydrogen (secondary N) is 2. The molecule has 3 aromatic rings. The lowest BCUT2D eigenvalue weighted by molar-refractivity contribution is -0.115. The average molecular weight is 586 g/mol. The van der Waals surface area contributed by atoms with Crippen LogP contribution < -0.4 is 15.4 Å². The zero-order valence-corrected chi connectivity index (χ0v) is 24.9. The Balaban J connectivity index is 1.32. The molecule has 2 aromatic heterocycles. The number of nitrogens with zero attached hydrogens (tertiary/aromatic N) is 3. The Bertz CT molecular complexity index is 1350. The molecule has 1 unspecified atom stereocenters. The van der Waals surface area contributed by atoms with Crippen LogP contribution in [0, 0.1) is 0 Å². The van der Waals surface area contributed by atoms with Crippen molar-refractivity contribution in [1.82, 2.24) is 20.1 Å². The molecule has 0 aliphatic heterocycles. The highest BCUT2D eigenvalue weighted by Crippen LogP contribution is 2.40. The standard InChI is InChI=1S/C28H35N5O5S2/c1-5-7-15-38-19-13-11-18(12-14-19)25(35)29-16-22-31-32-28(33(22)4)39-17(3)24(34)30-26-23(27(36)37-6-2)20-9-8-10-21(20)40-26/h11-14,17H,5-10,15-16H2,1-4H3,(H,29,35)(H,30,34). The quantitative estimate of drug-likeness (QED) is 0.167. The van der Waals surface area contributed by atoms with Crippen molar-refractivity contribution in [2.75, 3.05) is 18.5 Å². The monoisotopic (exact) mass is 585 g/mol. The van der Waals surface area contributed by atoms with E-state index in [9.17, 15) is 14.4 Å². The van der Waals surface area contributed by atoms with Gasteiger partial charge in [0.15, 0.2) is 11.0 Å². The molecule has 40 heavy (non-hydrogen) atoms. The minimum Gasteiger partial charge on any atom is -0.494 e. The van der Waals surface area contributed by atoms with E-state index in [0.717, 1.165) is 48.3 Å². The molecule has 1 aliphatic carbocycles. The Morgan fingerprint density at radius 1 is 1.15 bits per heavy atom. The molecule has 0 saturated carbocycles. The Kier molecular flexibility index (Phi) is 10.2. The molecule has 1 aliphatic rings. The topological polar surface area (TPSA) is 124 Å². The highest BCUT2D eigenvalue weighted by atomic mass is 32.2. The van der Waals surface area contributed by atoms with Crippen LogP contribution in [0.5, 0.6) is 5.75 Å². The van der Waals surface area contributed by atoms with E-state index in [1.54, 1.807) is 49.7 Å². The first-order chi connectivity index (χ1) is 19.3. The van der Waals surface area contributed by atoms with E-state index in [0.29, 0.717) is 33.7 Å². The Hall–Kier alpha value is -3.38. The number of thioether (sulfide) groups is 1. The summed E-state index contributed by atoms with van der Waals surface area (Å²) in [5, 5.41) is 14.8. The van der Waals surface area contributed by atoms with Gasteiger partial charge in [-0.3, -0.25) is 9.59 Å². The van der Waals surface area contributed by atoms with E-state index in [4.69, 9.17) is 9.47 Å². The van der Waals surface area contributed by atoms with Gasteiger partial charge in [0.2, 0.25) is 5.91 Å². The number of benzene rings is 1. The molecule has 0 spiro atoms. The largest absolute Gasteiger partial charge is 0.494 e. The summed E-state index contributed by atoms with van der Waals surface area (Å²) >= 11 is 2.71. The fraction of sp³-hybridized carbons (Fsp3) is 0.464. The van der Waals surface area contributed by atoms with Crippen molar-refractivity contribution in [3.8, 4) is 5.75 Å². The summed E-state index contributed by atoms with van der Waals surface area (Å²) < 4.78 is 12.7. The van der Waals surface area contributed by atoms with Gasteiger partial charge in [-0.2, -0.15) is 0 Å². The van der Waals surface area contributed by atoms with Crippen molar-refractivity contribution in [3.05, 3.63) is 51.7 Å². The molecule has 1 aromatic carbocycles. The van der Waals surface area contributed by atoms with E-state index in [-0.39, 0.29) is 25.0 Å². The molecule has 0 fully saturated rings. The van der Waals surface area contributed by atoms with Gasteiger partial charge < -0.3 is 24.7 Å². The van der Waals surface area contributed by atoms with Crippen molar-refractivity contribution in [1.29, 1.82) is 0 Å². The van der Waals surface area contributed by atoms with Crippen LogP contribution in [-0.4, -0.2) is 51.0 Å². The van der Waals surface area contributed by atoms with Crippen LogP contribution >= 0.6 is 23.1 Å². The summed E-state index contributed by atoms with van der Waals surface area (Å²) in [5.41, 5.74) is 2.00. The number of fused-ring (bicyclic) bond motifs is 1. The van der Waals surface area contributed by atoms with Crippen molar-refractivity contribution in [2.24, 2.45) is 7.05 Å². The molecule has 214 valence electrons. The van der Waals surface area contributed by atoms with Gasteiger partial charge >= 0.3 is 5.97 Å². The maximum absolute atomic E-state index is 13.1. The van der Waals surface area contributed by atoms with E-state index >= 15 is 0 Å². The van der Waals surface area contributed by atoms with Crippen LogP contribution in [0.2, 0.25) is 0 Å². The number of unbranched alkanes of at least 4 members (excludes halogenated alkanes) is 1. The van der Waals surface area contributed by atoms with E-state index in [1.165, 1.54) is 23.1 Å². The Morgan fingerprint density at radius 2 is 1.93 bits per heavy atom. The second-order valence-corrected chi connectivity index (χ2v) is 11.8. The van der Waals surface area contributed by atoms with E-state index in [2.05, 4.69) is 27.8 Å². The van der Waals surface area contributed by atoms with Gasteiger partial charge in [0, 0.05) is 17.5 Å². The molecule has 2 N–H and O–H groups in total. The number of hydrogen-bond acceptors (Lipinski definition) is 9. The Labute approximate surface area is 242 Å². The van der Waals surface area contributed by atoms with Gasteiger partial charge in [-0.25, -0.2) is 4.79 Å². The van der Waals surface area contributed by atoms with E-state index < -0.39 is 11.2 Å². The van der Waals surface area contributed by atoms with Crippen molar-refractivity contribution in [2.45, 2.75) is 69.8 Å². The predicted molar refractivity (Wildman–Crippen MR) is 155 cm³/mol. The first-order valence-corrected chi connectivity index (χ1v) is 15.2. The maximum atomic E-state index is 13.1. The summed E-state index contributed by atoms with van der Waals surface area (Å²) in [7, 11) is 1.79. The third kappa shape index (κ3) is 7.03. The van der Waals surface area contributed by atoms with Crippen LogP contribution in [0.4, 0.5) is 5.00 Å².